The number of carbonyl (C=O) groups is 1. The van der Waals surface area contributed by atoms with Gasteiger partial charge in [0.1, 0.15) is 5.69 Å². The Morgan fingerprint density at radius 1 is 1.03 bits per heavy atom. The normalized spacial score (nSPS) is 11.8. The summed E-state index contributed by atoms with van der Waals surface area (Å²) >= 11 is 0.915. The van der Waals surface area contributed by atoms with Gasteiger partial charge in [0.15, 0.2) is 9.84 Å². The second-order valence-corrected chi connectivity index (χ2v) is 11.0. The standard InChI is InChI=1S/C19H17NO7S3/c1-12-5-3-4-6-17(12)30(25,26)20-15-11-16(28-18(15)27-19(21)22)13-7-9-14(10-8-13)29(2,23)24/h3-11,20H,1-2H3,(H,21,22). The maximum atomic E-state index is 12.8. The van der Waals surface area contributed by atoms with Crippen molar-refractivity contribution in [2.75, 3.05) is 11.0 Å². The van der Waals surface area contributed by atoms with Crippen molar-refractivity contribution in [1.82, 2.24) is 0 Å². The highest BCUT2D eigenvalue weighted by Gasteiger charge is 2.22. The summed E-state index contributed by atoms with van der Waals surface area (Å²) in [6.07, 6.45) is -0.503. The molecule has 0 amide bonds. The fourth-order valence-corrected chi connectivity index (χ4v) is 5.63. The van der Waals surface area contributed by atoms with Gasteiger partial charge in [0.25, 0.3) is 10.0 Å². The molecule has 1 aromatic heterocycles. The molecule has 0 spiro atoms. The third kappa shape index (κ3) is 4.81. The lowest BCUT2D eigenvalue weighted by molar-refractivity contribution is 0.146. The van der Waals surface area contributed by atoms with E-state index in [0.29, 0.717) is 16.0 Å². The summed E-state index contributed by atoms with van der Waals surface area (Å²) in [5.41, 5.74) is 1.06. The molecular formula is C19H17NO7S3. The Balaban J connectivity index is 2.02. The molecule has 8 nitrogen and oxygen atoms in total. The molecule has 0 saturated heterocycles. The highest BCUT2D eigenvalue weighted by molar-refractivity contribution is 7.92. The molecule has 0 bridgehead atoms. The third-order valence-electron chi connectivity index (χ3n) is 4.07. The van der Waals surface area contributed by atoms with Gasteiger partial charge in [0, 0.05) is 11.1 Å². The average molecular weight is 468 g/mol. The molecular weight excluding hydrogens is 450 g/mol. The Hall–Kier alpha value is -2.89. The molecule has 0 unspecified atom stereocenters. The first-order chi connectivity index (χ1) is 14.0. The summed E-state index contributed by atoms with van der Waals surface area (Å²) in [5.74, 6) is 0. The van der Waals surface area contributed by atoms with Crippen LogP contribution < -0.4 is 9.46 Å². The second-order valence-electron chi connectivity index (χ2n) is 6.35. The Labute approximate surface area is 177 Å². The van der Waals surface area contributed by atoms with E-state index in [-0.39, 0.29) is 20.5 Å². The van der Waals surface area contributed by atoms with Gasteiger partial charge in [-0.25, -0.2) is 21.6 Å². The monoisotopic (exact) mass is 467 g/mol. The number of nitrogens with one attached hydrogen (secondary N) is 1. The second kappa shape index (κ2) is 8.09. The van der Waals surface area contributed by atoms with Gasteiger partial charge in [0.05, 0.1) is 9.79 Å². The van der Waals surface area contributed by atoms with E-state index < -0.39 is 26.0 Å². The summed E-state index contributed by atoms with van der Waals surface area (Å²) in [7, 11) is -7.36. The van der Waals surface area contributed by atoms with Crippen LogP contribution in [0.3, 0.4) is 0 Å². The topological polar surface area (TPSA) is 127 Å². The van der Waals surface area contributed by atoms with Crippen molar-refractivity contribution in [2.45, 2.75) is 16.7 Å². The number of carboxylic acid groups (broad SMARTS) is 1. The summed E-state index contributed by atoms with van der Waals surface area (Å²) < 4.78 is 55.9. The van der Waals surface area contributed by atoms with Gasteiger partial charge >= 0.3 is 6.16 Å². The van der Waals surface area contributed by atoms with Crippen molar-refractivity contribution < 1.29 is 31.5 Å². The SMILES string of the molecule is Cc1ccccc1S(=O)(=O)Nc1cc(-c2ccc(S(C)(=O)=O)cc2)sc1OC(=O)O. The van der Waals surface area contributed by atoms with Crippen LogP contribution in [0, 0.1) is 6.92 Å². The highest BCUT2D eigenvalue weighted by atomic mass is 32.2. The van der Waals surface area contributed by atoms with Crippen LogP contribution in [0.1, 0.15) is 5.56 Å². The number of hydrogen-bond acceptors (Lipinski definition) is 7. The first-order valence-electron chi connectivity index (χ1n) is 8.41. The van der Waals surface area contributed by atoms with Crippen LogP contribution in [-0.2, 0) is 19.9 Å². The van der Waals surface area contributed by atoms with Gasteiger partial charge in [-0.15, -0.1) is 0 Å². The number of aryl methyl sites for hydroxylation is 1. The summed E-state index contributed by atoms with van der Waals surface area (Å²) in [6.45, 7) is 1.64. The molecule has 0 fully saturated rings. The maximum absolute atomic E-state index is 12.8. The number of benzene rings is 2. The minimum absolute atomic E-state index is 0.0344. The lowest BCUT2D eigenvalue weighted by Gasteiger charge is -2.10. The fraction of sp³-hybridized carbons (Fsp3) is 0.105. The Bertz CT molecular complexity index is 1310. The smallest absolute Gasteiger partial charge is 0.449 e. The number of anilines is 1. The largest absolute Gasteiger partial charge is 0.512 e. The van der Waals surface area contributed by atoms with E-state index in [9.17, 15) is 21.6 Å². The van der Waals surface area contributed by atoms with Gasteiger partial charge in [0.2, 0.25) is 5.06 Å². The van der Waals surface area contributed by atoms with Gasteiger partial charge in [-0.1, -0.05) is 41.7 Å². The molecule has 2 aromatic carbocycles. The van der Waals surface area contributed by atoms with Gasteiger partial charge in [-0.05, 0) is 42.3 Å². The molecule has 0 aliphatic carbocycles. The molecule has 0 aliphatic rings. The van der Waals surface area contributed by atoms with Crippen LogP contribution in [0.15, 0.2) is 64.4 Å². The van der Waals surface area contributed by atoms with Crippen LogP contribution in [0.25, 0.3) is 10.4 Å². The van der Waals surface area contributed by atoms with Crippen molar-refractivity contribution >= 4 is 43.0 Å². The number of thiophene rings is 1. The molecule has 1 heterocycles. The molecule has 11 heteroatoms. The van der Waals surface area contributed by atoms with E-state index in [4.69, 9.17) is 9.84 Å². The van der Waals surface area contributed by atoms with Crippen molar-refractivity contribution in [3.8, 4) is 15.5 Å². The predicted molar refractivity (Wildman–Crippen MR) is 114 cm³/mol. The Kier molecular flexibility index (Phi) is 5.88. The van der Waals surface area contributed by atoms with E-state index in [1.807, 2.05) is 0 Å². The molecule has 0 aliphatic heterocycles. The number of ether oxygens (including phenoxy) is 1. The van der Waals surface area contributed by atoms with Gasteiger partial charge < -0.3 is 9.84 Å². The average Bonchev–Trinajstić information content (AvgIpc) is 3.02. The number of sulfone groups is 1. The molecule has 0 radical (unpaired) electrons. The van der Waals surface area contributed by atoms with Crippen LogP contribution in [0.2, 0.25) is 0 Å². The van der Waals surface area contributed by atoms with Crippen LogP contribution in [-0.4, -0.2) is 34.4 Å². The molecule has 3 aromatic rings. The molecule has 158 valence electrons. The van der Waals surface area contributed by atoms with Crippen molar-refractivity contribution in [3.05, 3.63) is 60.2 Å². The van der Waals surface area contributed by atoms with Crippen LogP contribution in [0.5, 0.6) is 5.06 Å². The van der Waals surface area contributed by atoms with E-state index in [1.54, 1.807) is 37.3 Å². The number of sulfonamides is 1. The first kappa shape index (κ1) is 21.8. The Morgan fingerprint density at radius 3 is 2.23 bits per heavy atom. The van der Waals surface area contributed by atoms with Gasteiger partial charge in [-0.2, -0.15) is 0 Å². The number of hydrogen-bond donors (Lipinski definition) is 2. The summed E-state index contributed by atoms with van der Waals surface area (Å²) in [4.78, 5) is 11.7. The molecule has 3 rings (SSSR count). The zero-order valence-electron chi connectivity index (χ0n) is 15.8. The fourth-order valence-electron chi connectivity index (χ4n) is 2.67. The summed E-state index contributed by atoms with van der Waals surface area (Å²) in [6, 6.07) is 13.7. The van der Waals surface area contributed by atoms with E-state index >= 15 is 0 Å². The highest BCUT2D eigenvalue weighted by Crippen LogP contribution is 2.42. The maximum Gasteiger partial charge on any atom is 0.512 e. The zero-order chi connectivity index (χ0) is 22.1. The zero-order valence-corrected chi connectivity index (χ0v) is 18.3. The minimum atomic E-state index is -3.99. The first-order valence-corrected chi connectivity index (χ1v) is 12.6. The molecule has 30 heavy (non-hydrogen) atoms. The third-order valence-corrected chi connectivity index (χ3v) is 7.79. The predicted octanol–water partition coefficient (Wildman–Crippen LogP) is 3.98. The lowest BCUT2D eigenvalue weighted by Crippen LogP contribution is -2.15. The molecule has 2 N–H and O–H groups in total. The van der Waals surface area contributed by atoms with Crippen molar-refractivity contribution in [1.29, 1.82) is 0 Å². The molecule has 0 atom stereocenters. The van der Waals surface area contributed by atoms with E-state index in [1.165, 1.54) is 24.3 Å². The quantitative estimate of drug-likeness (QED) is 0.525. The van der Waals surface area contributed by atoms with Crippen molar-refractivity contribution in [3.63, 3.8) is 0 Å². The van der Waals surface area contributed by atoms with E-state index in [0.717, 1.165) is 17.6 Å². The summed E-state index contributed by atoms with van der Waals surface area (Å²) in [5, 5.41) is 8.85. The van der Waals surface area contributed by atoms with Crippen molar-refractivity contribution in [2.24, 2.45) is 0 Å². The van der Waals surface area contributed by atoms with Crippen LogP contribution >= 0.6 is 11.3 Å². The van der Waals surface area contributed by atoms with Gasteiger partial charge in [-0.3, -0.25) is 4.72 Å². The Morgan fingerprint density at radius 2 is 1.67 bits per heavy atom. The minimum Gasteiger partial charge on any atom is -0.449 e. The van der Waals surface area contributed by atoms with Crippen LogP contribution in [0.4, 0.5) is 10.5 Å². The lowest BCUT2D eigenvalue weighted by atomic mass is 10.2. The number of rotatable bonds is 6. The van der Waals surface area contributed by atoms with E-state index in [2.05, 4.69) is 4.72 Å². The molecule has 0 saturated carbocycles.